The molecule has 0 atom stereocenters. The predicted molar refractivity (Wildman–Crippen MR) is 99.6 cm³/mol. The van der Waals surface area contributed by atoms with E-state index in [2.05, 4.69) is 25.8 Å². The van der Waals surface area contributed by atoms with Gasteiger partial charge in [-0.1, -0.05) is 0 Å². The Labute approximate surface area is 151 Å². The summed E-state index contributed by atoms with van der Waals surface area (Å²) in [4.78, 5) is 26.7. The van der Waals surface area contributed by atoms with Crippen LogP contribution in [-0.4, -0.2) is 40.7 Å². The average molecular weight is 409 g/mol. The van der Waals surface area contributed by atoms with Crippen molar-refractivity contribution in [1.29, 1.82) is 0 Å². The maximum Gasteiger partial charge on any atom is 0.269 e. The van der Waals surface area contributed by atoms with E-state index in [-0.39, 0.29) is 5.56 Å². The molecule has 0 bridgehead atoms. The second-order valence-corrected chi connectivity index (χ2v) is 7.95. The van der Waals surface area contributed by atoms with Gasteiger partial charge in [-0.25, -0.2) is 14.4 Å². The Morgan fingerprint density at radius 2 is 1.88 bits per heavy atom. The van der Waals surface area contributed by atoms with Crippen molar-refractivity contribution in [2.75, 3.05) is 31.2 Å². The molecule has 0 aromatic carbocycles. The Balaban J connectivity index is 2.14. The fourth-order valence-corrected chi connectivity index (χ4v) is 4.39. The summed E-state index contributed by atoms with van der Waals surface area (Å²) in [6, 6.07) is 0. The van der Waals surface area contributed by atoms with Crippen LogP contribution in [0.4, 0.5) is 5.95 Å². The number of ether oxygens (including phenoxy) is 1. The van der Waals surface area contributed by atoms with Crippen LogP contribution in [0.1, 0.15) is 16.1 Å². The lowest BCUT2D eigenvalue weighted by atomic mass is 10.2. The highest BCUT2D eigenvalue weighted by atomic mass is 79.9. The molecular formula is C16H17BrN4O2S. The Bertz CT molecular complexity index is 1020. The molecule has 0 radical (unpaired) electrons. The first-order chi connectivity index (χ1) is 11.5. The van der Waals surface area contributed by atoms with Gasteiger partial charge in [0.25, 0.3) is 5.56 Å². The van der Waals surface area contributed by atoms with Gasteiger partial charge >= 0.3 is 0 Å². The van der Waals surface area contributed by atoms with Crippen molar-refractivity contribution >= 4 is 49.1 Å². The number of hydrogen-bond acceptors (Lipinski definition) is 6. The normalized spacial score (nSPS) is 15.6. The number of aryl methyl sites for hydroxylation is 3. The van der Waals surface area contributed by atoms with E-state index in [1.807, 2.05) is 20.8 Å². The molecule has 1 aliphatic heterocycles. The molecule has 3 aromatic heterocycles. The van der Waals surface area contributed by atoms with Gasteiger partial charge in [0.2, 0.25) is 5.95 Å². The maximum atomic E-state index is 13.3. The minimum Gasteiger partial charge on any atom is -0.378 e. The molecule has 0 amide bonds. The molecule has 126 valence electrons. The van der Waals surface area contributed by atoms with Crippen molar-refractivity contribution in [3.05, 3.63) is 31.0 Å². The largest absolute Gasteiger partial charge is 0.378 e. The molecule has 0 spiro atoms. The number of hydrogen-bond donors (Lipinski definition) is 0. The summed E-state index contributed by atoms with van der Waals surface area (Å²) in [6.45, 7) is 8.64. The Morgan fingerprint density at radius 3 is 2.58 bits per heavy atom. The number of morpholine rings is 1. The number of aromatic nitrogens is 3. The zero-order chi connectivity index (χ0) is 17.0. The third-order valence-corrected chi connectivity index (χ3v) is 6.51. The third kappa shape index (κ3) is 2.28. The fourth-order valence-electron chi connectivity index (χ4n) is 3.01. The lowest BCUT2D eigenvalue weighted by Crippen LogP contribution is -2.39. The van der Waals surface area contributed by atoms with Gasteiger partial charge in [0.05, 0.1) is 28.8 Å². The van der Waals surface area contributed by atoms with Gasteiger partial charge in [0, 0.05) is 18.0 Å². The Morgan fingerprint density at radius 1 is 1.17 bits per heavy atom. The molecule has 8 heteroatoms. The number of fused-ring (bicyclic) bond motifs is 2. The molecule has 0 unspecified atom stereocenters. The average Bonchev–Trinajstić information content (AvgIpc) is 2.87. The number of rotatable bonds is 1. The van der Waals surface area contributed by atoms with Crippen molar-refractivity contribution in [3.8, 4) is 0 Å². The van der Waals surface area contributed by atoms with Crippen LogP contribution in [0.3, 0.4) is 0 Å². The summed E-state index contributed by atoms with van der Waals surface area (Å²) in [5.74, 6) is 0.650. The molecule has 3 aromatic rings. The molecule has 4 heterocycles. The summed E-state index contributed by atoms with van der Waals surface area (Å²) >= 11 is 5.13. The van der Waals surface area contributed by atoms with E-state index >= 15 is 0 Å². The molecule has 0 N–H and O–H groups in total. The van der Waals surface area contributed by atoms with Crippen LogP contribution < -0.4 is 10.5 Å². The number of thiophene rings is 1. The summed E-state index contributed by atoms with van der Waals surface area (Å²) in [6.07, 6.45) is 0. The molecule has 1 aliphatic rings. The van der Waals surface area contributed by atoms with Crippen molar-refractivity contribution in [2.45, 2.75) is 20.8 Å². The van der Waals surface area contributed by atoms with Crippen molar-refractivity contribution in [3.63, 3.8) is 0 Å². The molecule has 24 heavy (non-hydrogen) atoms. The third-order valence-electron chi connectivity index (χ3n) is 4.48. The monoisotopic (exact) mass is 408 g/mol. The van der Waals surface area contributed by atoms with Crippen LogP contribution in [0.25, 0.3) is 15.9 Å². The van der Waals surface area contributed by atoms with E-state index in [1.165, 1.54) is 0 Å². The van der Waals surface area contributed by atoms with E-state index in [0.717, 1.165) is 38.5 Å². The van der Waals surface area contributed by atoms with Crippen LogP contribution in [0.5, 0.6) is 0 Å². The van der Waals surface area contributed by atoms with E-state index in [9.17, 15) is 4.79 Å². The molecule has 6 nitrogen and oxygen atoms in total. The van der Waals surface area contributed by atoms with Crippen molar-refractivity contribution in [1.82, 2.24) is 14.4 Å². The summed E-state index contributed by atoms with van der Waals surface area (Å²) in [7, 11) is 0. The fraction of sp³-hybridized carbons (Fsp3) is 0.438. The van der Waals surface area contributed by atoms with E-state index < -0.39 is 0 Å². The lowest BCUT2D eigenvalue weighted by Gasteiger charge is -2.28. The SMILES string of the molecule is Cc1nc(N2CCOCC2)n2c(=O)c3c(C)c(C)sc3nc2c1Br. The second-order valence-electron chi connectivity index (χ2n) is 5.95. The molecule has 0 aliphatic carbocycles. The van der Waals surface area contributed by atoms with Gasteiger partial charge in [-0.15, -0.1) is 11.3 Å². The topological polar surface area (TPSA) is 59.7 Å². The minimum absolute atomic E-state index is 0.0495. The standard InChI is InChI=1S/C16H17BrN4O2S/c1-8-10(3)24-14-11(8)15(22)21-13(19-14)12(17)9(2)18-16(21)20-4-6-23-7-5-20/h4-7H2,1-3H3. The van der Waals surface area contributed by atoms with Crippen LogP contribution >= 0.6 is 27.3 Å². The van der Waals surface area contributed by atoms with Crippen molar-refractivity contribution in [2.24, 2.45) is 0 Å². The highest BCUT2D eigenvalue weighted by Gasteiger charge is 2.22. The van der Waals surface area contributed by atoms with Crippen LogP contribution in [0.2, 0.25) is 0 Å². The van der Waals surface area contributed by atoms with Crippen LogP contribution in [0, 0.1) is 20.8 Å². The molecule has 1 fully saturated rings. The van der Waals surface area contributed by atoms with Gasteiger partial charge in [0.1, 0.15) is 4.83 Å². The predicted octanol–water partition coefficient (Wildman–Crippen LogP) is 2.83. The van der Waals surface area contributed by atoms with Crippen LogP contribution in [0.15, 0.2) is 9.27 Å². The van der Waals surface area contributed by atoms with Gasteiger partial charge in [0.15, 0.2) is 5.65 Å². The molecule has 1 saturated heterocycles. The first kappa shape index (κ1) is 16.0. The van der Waals surface area contributed by atoms with Gasteiger partial charge in [-0.05, 0) is 42.3 Å². The first-order valence-electron chi connectivity index (χ1n) is 7.80. The van der Waals surface area contributed by atoms with Crippen LogP contribution in [-0.2, 0) is 4.74 Å². The highest BCUT2D eigenvalue weighted by Crippen LogP contribution is 2.30. The number of nitrogens with zero attached hydrogens (tertiary/aromatic N) is 4. The van der Waals surface area contributed by atoms with Gasteiger partial charge in [-0.2, -0.15) is 0 Å². The van der Waals surface area contributed by atoms with E-state index in [4.69, 9.17) is 9.72 Å². The molecular weight excluding hydrogens is 392 g/mol. The zero-order valence-corrected chi connectivity index (χ0v) is 16.1. The summed E-state index contributed by atoms with van der Waals surface area (Å²) < 4.78 is 7.84. The van der Waals surface area contributed by atoms with Gasteiger partial charge in [-0.3, -0.25) is 4.79 Å². The minimum atomic E-state index is -0.0495. The second kappa shape index (κ2) is 5.79. The molecule has 4 rings (SSSR count). The summed E-state index contributed by atoms with van der Waals surface area (Å²) in [5.41, 5.74) is 2.41. The Hall–Kier alpha value is -1.51. The smallest absolute Gasteiger partial charge is 0.269 e. The Kier molecular flexibility index (Phi) is 3.85. The number of anilines is 1. The van der Waals surface area contributed by atoms with E-state index in [1.54, 1.807) is 15.7 Å². The van der Waals surface area contributed by atoms with E-state index in [0.29, 0.717) is 30.2 Å². The highest BCUT2D eigenvalue weighted by molar-refractivity contribution is 9.10. The maximum absolute atomic E-state index is 13.3. The molecule has 0 saturated carbocycles. The quantitative estimate of drug-likeness (QED) is 0.619. The zero-order valence-electron chi connectivity index (χ0n) is 13.7. The lowest BCUT2D eigenvalue weighted by molar-refractivity contribution is 0.122. The summed E-state index contributed by atoms with van der Waals surface area (Å²) in [5, 5.41) is 0.696. The number of halogens is 1. The van der Waals surface area contributed by atoms with Gasteiger partial charge < -0.3 is 9.64 Å². The first-order valence-corrected chi connectivity index (χ1v) is 9.41. The van der Waals surface area contributed by atoms with Crippen molar-refractivity contribution < 1.29 is 4.74 Å².